The maximum Gasteiger partial charge on any atom is 0.534 e. The molecule has 0 saturated carbocycles. The van der Waals surface area contributed by atoms with Crippen LogP contribution >= 0.6 is 0 Å². The van der Waals surface area contributed by atoms with E-state index in [4.69, 9.17) is 5.26 Å². The van der Waals surface area contributed by atoms with E-state index >= 15 is 0 Å². The Hall–Kier alpha value is -3.13. The summed E-state index contributed by atoms with van der Waals surface area (Å²) in [4.78, 5) is 13.2. The molecule has 2 aliphatic carbocycles. The summed E-state index contributed by atoms with van der Waals surface area (Å²) >= 11 is 0. The maximum atomic E-state index is 14.7. The Morgan fingerprint density at radius 1 is 1.29 bits per heavy atom. The molecule has 0 saturated heterocycles. The van der Waals surface area contributed by atoms with Gasteiger partial charge < -0.3 is 9.50 Å². The van der Waals surface area contributed by atoms with Gasteiger partial charge in [-0.1, -0.05) is 19.9 Å². The molecule has 1 atom stereocenters. The second-order valence-corrected chi connectivity index (χ2v) is 9.34. The number of nitrogens with one attached hydrogen (secondary N) is 1. The lowest BCUT2D eigenvalue weighted by Gasteiger charge is -2.34. The number of ketones is 1. The molecule has 1 N–H and O–H groups in total. The van der Waals surface area contributed by atoms with Crippen LogP contribution in [-0.2, 0) is 15.5 Å². The summed E-state index contributed by atoms with van der Waals surface area (Å²) in [6.07, 6.45) is 1.65. The Morgan fingerprint density at radius 2 is 1.97 bits per heavy atom. The normalized spacial score (nSPS) is 22.2. The molecule has 0 radical (unpaired) electrons. The molecule has 11 heteroatoms. The smallest absolute Gasteiger partial charge is 0.376 e. The van der Waals surface area contributed by atoms with Gasteiger partial charge in [0.2, 0.25) is 0 Å². The molecule has 0 bridgehead atoms. The molecular weight excluding hydrogens is 440 g/mol. The van der Waals surface area contributed by atoms with Crippen LogP contribution in [0.4, 0.5) is 17.6 Å². The Bertz CT molecular complexity index is 1280. The average Bonchev–Trinajstić information content (AvgIpc) is 3.07. The Labute approximate surface area is 174 Å². The standard InChI is InChI=1S/C20H14F4N2O4S/c1-19(2)13-7-10(30-31(28,29)20(22,23)24)4-6-11(13)17(27)14-12-5-3-9(8-25)15(21)16(12)26-18(14)19/h3-4,6-7,12,26H,5H2,1-2H3. The highest BCUT2D eigenvalue weighted by atomic mass is 32.2. The van der Waals surface area contributed by atoms with Crippen LogP contribution in [-0.4, -0.2) is 19.7 Å². The quantitative estimate of drug-likeness (QED) is 0.414. The van der Waals surface area contributed by atoms with Gasteiger partial charge in [-0.25, -0.2) is 4.39 Å². The van der Waals surface area contributed by atoms with Crippen molar-refractivity contribution in [2.45, 2.75) is 31.2 Å². The Morgan fingerprint density at radius 3 is 2.58 bits per heavy atom. The van der Waals surface area contributed by atoms with Crippen molar-refractivity contribution in [3.8, 4) is 11.8 Å². The van der Waals surface area contributed by atoms with E-state index < -0.39 is 44.3 Å². The molecule has 0 aromatic heterocycles. The van der Waals surface area contributed by atoms with Crippen molar-refractivity contribution in [3.63, 3.8) is 0 Å². The van der Waals surface area contributed by atoms with Crippen LogP contribution in [0, 0.1) is 17.2 Å². The highest BCUT2D eigenvalue weighted by molar-refractivity contribution is 7.88. The van der Waals surface area contributed by atoms with E-state index in [9.17, 15) is 30.8 Å². The van der Waals surface area contributed by atoms with Crippen molar-refractivity contribution in [1.82, 2.24) is 5.32 Å². The molecule has 1 aliphatic heterocycles. The van der Waals surface area contributed by atoms with E-state index in [0.29, 0.717) is 11.3 Å². The van der Waals surface area contributed by atoms with Crippen molar-refractivity contribution in [2.75, 3.05) is 0 Å². The van der Waals surface area contributed by atoms with Crippen LogP contribution in [0.2, 0.25) is 0 Å². The third-order valence-electron chi connectivity index (χ3n) is 5.65. The SMILES string of the molecule is CC1(C)C2=C(C(=O)c3ccc(OS(=O)(=O)C(F)(F)F)cc31)C1CC=C(C#N)C(F)=C1N2. The minimum atomic E-state index is -5.89. The van der Waals surface area contributed by atoms with Crippen LogP contribution in [0.25, 0.3) is 0 Å². The number of hydrogen-bond acceptors (Lipinski definition) is 6. The monoisotopic (exact) mass is 454 g/mol. The fraction of sp³-hybridized carbons (Fsp3) is 0.300. The second-order valence-electron chi connectivity index (χ2n) is 7.80. The van der Waals surface area contributed by atoms with Gasteiger partial charge in [0.1, 0.15) is 11.8 Å². The van der Waals surface area contributed by atoms with Crippen LogP contribution < -0.4 is 9.50 Å². The molecule has 1 unspecified atom stereocenters. The number of carbonyl (C=O) groups is 1. The van der Waals surface area contributed by atoms with E-state index in [-0.39, 0.29) is 28.8 Å². The van der Waals surface area contributed by atoms with Crippen molar-refractivity contribution in [2.24, 2.45) is 5.92 Å². The number of hydrogen-bond donors (Lipinski definition) is 1. The highest BCUT2D eigenvalue weighted by Crippen LogP contribution is 2.50. The second kappa shape index (κ2) is 6.43. The molecule has 1 aromatic carbocycles. The topological polar surface area (TPSA) is 96.3 Å². The van der Waals surface area contributed by atoms with E-state index in [1.165, 1.54) is 12.1 Å². The lowest BCUT2D eigenvalue weighted by Crippen LogP contribution is -2.34. The minimum Gasteiger partial charge on any atom is -0.376 e. The number of benzene rings is 1. The van der Waals surface area contributed by atoms with Crippen molar-refractivity contribution >= 4 is 15.9 Å². The van der Waals surface area contributed by atoms with Crippen LogP contribution in [0.3, 0.4) is 0 Å². The van der Waals surface area contributed by atoms with Gasteiger partial charge in [0.25, 0.3) is 0 Å². The first-order valence-corrected chi connectivity index (χ1v) is 10.4. The van der Waals surface area contributed by atoms with Crippen molar-refractivity contribution in [3.05, 3.63) is 63.8 Å². The number of allylic oxidation sites excluding steroid dienone is 5. The summed E-state index contributed by atoms with van der Waals surface area (Å²) in [5.41, 5.74) is -5.63. The predicted octanol–water partition coefficient (Wildman–Crippen LogP) is 3.90. The van der Waals surface area contributed by atoms with E-state index in [0.717, 1.165) is 12.1 Å². The molecule has 1 aromatic rings. The molecule has 3 aliphatic rings. The van der Waals surface area contributed by atoms with Crippen molar-refractivity contribution in [1.29, 1.82) is 5.26 Å². The van der Waals surface area contributed by atoms with Gasteiger partial charge in [-0.15, -0.1) is 0 Å². The number of halogens is 4. The van der Waals surface area contributed by atoms with E-state index in [1.54, 1.807) is 19.9 Å². The molecule has 4 rings (SSSR count). The Balaban J connectivity index is 1.79. The van der Waals surface area contributed by atoms with Crippen molar-refractivity contribution < 1.29 is 35.0 Å². The van der Waals surface area contributed by atoms with Gasteiger partial charge in [0, 0.05) is 28.2 Å². The fourth-order valence-corrected chi connectivity index (χ4v) is 4.58. The zero-order valence-electron chi connectivity index (χ0n) is 16.1. The summed E-state index contributed by atoms with van der Waals surface area (Å²) in [6, 6.07) is 4.99. The third kappa shape index (κ3) is 2.96. The number of rotatable bonds is 2. The molecule has 31 heavy (non-hydrogen) atoms. The van der Waals surface area contributed by atoms with Gasteiger partial charge in [-0.2, -0.15) is 26.9 Å². The zero-order valence-corrected chi connectivity index (χ0v) is 16.9. The number of nitriles is 1. The lowest BCUT2D eigenvalue weighted by atomic mass is 9.70. The van der Waals surface area contributed by atoms with Gasteiger partial charge in [-0.05, 0) is 30.2 Å². The molecule has 0 fully saturated rings. The van der Waals surface area contributed by atoms with Crippen LogP contribution in [0.1, 0.15) is 36.2 Å². The summed E-state index contributed by atoms with van der Waals surface area (Å²) in [5, 5.41) is 12.0. The van der Waals surface area contributed by atoms with Gasteiger partial charge in [0.15, 0.2) is 11.6 Å². The first kappa shape index (κ1) is 21.1. The first-order chi connectivity index (χ1) is 14.3. The third-order valence-corrected chi connectivity index (χ3v) is 6.62. The molecule has 162 valence electrons. The first-order valence-electron chi connectivity index (χ1n) is 9.01. The fourth-order valence-electron chi connectivity index (χ4n) is 4.13. The lowest BCUT2D eigenvalue weighted by molar-refractivity contribution is -0.0500. The molecule has 0 spiro atoms. The summed E-state index contributed by atoms with van der Waals surface area (Å²) in [5.74, 6) is -2.44. The summed E-state index contributed by atoms with van der Waals surface area (Å²) in [7, 11) is -5.89. The average molecular weight is 454 g/mol. The largest absolute Gasteiger partial charge is 0.534 e. The molecule has 1 heterocycles. The highest BCUT2D eigenvalue weighted by Gasteiger charge is 2.50. The van der Waals surface area contributed by atoms with E-state index in [1.807, 2.05) is 0 Å². The van der Waals surface area contributed by atoms with Gasteiger partial charge in [-0.3, -0.25) is 4.79 Å². The Kier molecular flexibility index (Phi) is 4.38. The number of fused-ring (bicyclic) bond motifs is 3. The number of alkyl halides is 3. The molecule has 0 amide bonds. The number of Topliss-reactive ketones (excluding diaryl/α,β-unsaturated/α-hetero) is 1. The molecule has 6 nitrogen and oxygen atoms in total. The predicted molar refractivity (Wildman–Crippen MR) is 99.5 cm³/mol. The maximum absolute atomic E-state index is 14.7. The number of carbonyl (C=O) groups excluding carboxylic acids is 1. The van der Waals surface area contributed by atoms with Crippen LogP contribution in [0.15, 0.2) is 52.6 Å². The molecular formula is C20H14F4N2O4S. The summed E-state index contributed by atoms with van der Waals surface area (Å²) < 4.78 is 79.6. The van der Waals surface area contributed by atoms with Gasteiger partial charge in [0.05, 0.1) is 11.3 Å². The summed E-state index contributed by atoms with van der Waals surface area (Å²) in [6.45, 7) is 3.33. The van der Waals surface area contributed by atoms with Gasteiger partial charge >= 0.3 is 15.6 Å². The minimum absolute atomic E-state index is 0.0920. The zero-order chi connectivity index (χ0) is 22.9. The van der Waals surface area contributed by atoms with Crippen LogP contribution in [0.5, 0.6) is 5.75 Å². The van der Waals surface area contributed by atoms with E-state index in [2.05, 4.69) is 9.50 Å². The number of nitrogens with zero attached hydrogens (tertiary/aromatic N) is 1.